The van der Waals surface area contributed by atoms with E-state index in [9.17, 15) is 19.4 Å². The summed E-state index contributed by atoms with van der Waals surface area (Å²) < 4.78 is 13.8. The van der Waals surface area contributed by atoms with Crippen molar-refractivity contribution >= 4 is 23.2 Å². The lowest BCUT2D eigenvalue weighted by molar-refractivity contribution is -0.00177. The molecule has 1 aliphatic carbocycles. The van der Waals surface area contributed by atoms with Crippen molar-refractivity contribution in [3.63, 3.8) is 0 Å². The van der Waals surface area contributed by atoms with Gasteiger partial charge in [-0.3, -0.25) is 4.79 Å². The van der Waals surface area contributed by atoms with E-state index in [4.69, 9.17) is 11.6 Å². The number of nitrogens with one attached hydrogen (secondary N) is 2. The second-order valence-electron chi connectivity index (χ2n) is 7.03. The number of aromatic nitrogens is 1. The molecule has 4 N–H and O–H groups in total. The van der Waals surface area contributed by atoms with Crippen LogP contribution in [0.3, 0.4) is 0 Å². The number of anilines is 1. The van der Waals surface area contributed by atoms with Crippen molar-refractivity contribution in [2.75, 3.05) is 11.9 Å². The van der Waals surface area contributed by atoms with Gasteiger partial charge in [0.15, 0.2) is 0 Å². The van der Waals surface area contributed by atoms with E-state index in [0.29, 0.717) is 18.5 Å². The smallest absolute Gasteiger partial charge is 0.255 e. The first kappa shape index (κ1) is 19.9. The Balaban J connectivity index is 2.05. The zero-order valence-electron chi connectivity index (χ0n) is 14.4. The summed E-state index contributed by atoms with van der Waals surface area (Å²) in [5.74, 6) is -0.491. The van der Waals surface area contributed by atoms with E-state index in [-0.39, 0.29) is 29.4 Å². The molecule has 0 spiro atoms. The summed E-state index contributed by atoms with van der Waals surface area (Å²) in [6, 6.07) is 1.68. The lowest BCUT2D eigenvalue weighted by Gasteiger charge is -2.28. The van der Waals surface area contributed by atoms with Crippen LogP contribution in [0.2, 0.25) is 5.15 Å². The minimum atomic E-state index is -1.59. The highest BCUT2D eigenvalue weighted by Gasteiger charge is 2.27. The number of aliphatic hydroxyl groups excluding tert-OH is 1. The van der Waals surface area contributed by atoms with Crippen LogP contribution in [-0.2, 0) is 0 Å². The number of amides is 1. The molecule has 8 heteroatoms. The summed E-state index contributed by atoms with van der Waals surface area (Å²) in [5, 5.41) is 25.2. The number of nitrogens with zero attached hydrogens (tertiary/aromatic N) is 1. The standard InChI is InChI=1S/C17H25ClFN3O3/c1-17(2,25)14(19)9-21-16(24)12-8-20-15(18)7-13(12)22-10-3-5-11(23)6-4-10/h7-8,10-11,14,23,25H,3-6,9H2,1-2H3,(H,20,22)(H,21,24)/t10?,11?,14-/m1/s1. The zero-order valence-corrected chi connectivity index (χ0v) is 15.2. The maximum Gasteiger partial charge on any atom is 0.255 e. The number of alkyl halides is 1. The SMILES string of the molecule is CC(C)(O)[C@H](F)CNC(=O)c1cnc(Cl)cc1NC1CCC(O)CC1. The highest BCUT2D eigenvalue weighted by atomic mass is 35.5. The number of carbonyl (C=O) groups excluding carboxylic acids is 1. The van der Waals surface area contributed by atoms with Crippen molar-refractivity contribution < 1.29 is 19.4 Å². The van der Waals surface area contributed by atoms with Gasteiger partial charge in [-0.15, -0.1) is 0 Å². The summed E-state index contributed by atoms with van der Waals surface area (Å²) in [5.41, 5.74) is -0.744. The molecule has 25 heavy (non-hydrogen) atoms. The van der Waals surface area contributed by atoms with Gasteiger partial charge < -0.3 is 20.8 Å². The van der Waals surface area contributed by atoms with Gasteiger partial charge in [-0.1, -0.05) is 11.6 Å². The van der Waals surface area contributed by atoms with Gasteiger partial charge in [0.1, 0.15) is 11.3 Å². The second kappa shape index (κ2) is 8.29. The van der Waals surface area contributed by atoms with Gasteiger partial charge in [0.2, 0.25) is 0 Å². The molecule has 1 aliphatic rings. The monoisotopic (exact) mass is 373 g/mol. The molecule has 2 rings (SSSR count). The van der Waals surface area contributed by atoms with Crippen LogP contribution < -0.4 is 10.6 Å². The van der Waals surface area contributed by atoms with Gasteiger partial charge in [-0.25, -0.2) is 9.37 Å². The Morgan fingerprint density at radius 1 is 1.44 bits per heavy atom. The topological polar surface area (TPSA) is 94.5 Å². The molecule has 1 saturated carbocycles. The van der Waals surface area contributed by atoms with Crippen molar-refractivity contribution in [1.82, 2.24) is 10.3 Å². The average molecular weight is 374 g/mol. The van der Waals surface area contributed by atoms with E-state index in [0.717, 1.165) is 12.8 Å². The van der Waals surface area contributed by atoms with Crippen LogP contribution in [0.15, 0.2) is 12.3 Å². The van der Waals surface area contributed by atoms with Gasteiger partial charge in [-0.2, -0.15) is 0 Å². The third-order valence-corrected chi connectivity index (χ3v) is 4.59. The number of halogens is 2. The molecular formula is C17H25ClFN3O3. The maximum atomic E-state index is 13.8. The number of hydrogen-bond acceptors (Lipinski definition) is 5. The predicted octanol–water partition coefficient (Wildman–Crippen LogP) is 2.29. The van der Waals surface area contributed by atoms with Gasteiger partial charge >= 0.3 is 0 Å². The first-order valence-electron chi connectivity index (χ1n) is 8.41. The molecule has 1 aromatic heterocycles. The normalized spacial score (nSPS) is 22.3. The number of aliphatic hydroxyl groups is 2. The Labute approximate surface area is 151 Å². The first-order chi connectivity index (χ1) is 11.7. The van der Waals surface area contributed by atoms with E-state index in [2.05, 4.69) is 15.6 Å². The third-order valence-electron chi connectivity index (χ3n) is 4.38. The number of carbonyl (C=O) groups is 1. The molecule has 0 saturated heterocycles. The fraction of sp³-hybridized carbons (Fsp3) is 0.647. The van der Waals surface area contributed by atoms with Gasteiger partial charge in [0, 0.05) is 12.2 Å². The van der Waals surface area contributed by atoms with Crippen LogP contribution in [-0.4, -0.2) is 51.6 Å². The van der Waals surface area contributed by atoms with Crippen LogP contribution in [0.5, 0.6) is 0 Å². The fourth-order valence-corrected chi connectivity index (χ4v) is 2.86. The Hall–Kier alpha value is -1.44. The Morgan fingerprint density at radius 3 is 2.68 bits per heavy atom. The largest absolute Gasteiger partial charge is 0.393 e. The van der Waals surface area contributed by atoms with E-state index in [1.807, 2.05) is 0 Å². The summed E-state index contributed by atoms with van der Waals surface area (Å²) in [7, 11) is 0. The van der Waals surface area contributed by atoms with Crippen LogP contribution in [0.1, 0.15) is 49.9 Å². The van der Waals surface area contributed by atoms with Gasteiger partial charge in [-0.05, 0) is 45.6 Å². The average Bonchev–Trinajstić information content (AvgIpc) is 2.53. The number of hydrogen-bond donors (Lipinski definition) is 4. The molecule has 0 bridgehead atoms. The quantitative estimate of drug-likeness (QED) is 0.574. The molecular weight excluding hydrogens is 349 g/mol. The molecule has 1 fully saturated rings. The number of rotatable bonds is 6. The zero-order chi connectivity index (χ0) is 18.6. The maximum absolute atomic E-state index is 13.8. The van der Waals surface area contributed by atoms with Gasteiger partial charge in [0.05, 0.1) is 29.5 Å². The minimum Gasteiger partial charge on any atom is -0.393 e. The predicted molar refractivity (Wildman–Crippen MR) is 94.7 cm³/mol. The Morgan fingerprint density at radius 2 is 2.08 bits per heavy atom. The van der Waals surface area contributed by atoms with E-state index in [1.165, 1.54) is 20.0 Å². The van der Waals surface area contributed by atoms with Crippen molar-refractivity contribution in [2.45, 2.75) is 63.4 Å². The van der Waals surface area contributed by atoms with Crippen molar-refractivity contribution in [3.05, 3.63) is 23.0 Å². The Bertz CT molecular complexity index is 601. The lowest BCUT2D eigenvalue weighted by Crippen LogP contribution is -2.42. The van der Waals surface area contributed by atoms with Crippen LogP contribution in [0.4, 0.5) is 10.1 Å². The van der Waals surface area contributed by atoms with Crippen molar-refractivity contribution in [3.8, 4) is 0 Å². The van der Waals surface area contributed by atoms with Crippen LogP contribution >= 0.6 is 11.6 Å². The molecule has 0 aromatic carbocycles. The fourth-order valence-electron chi connectivity index (χ4n) is 2.70. The highest BCUT2D eigenvalue weighted by molar-refractivity contribution is 6.29. The highest BCUT2D eigenvalue weighted by Crippen LogP contribution is 2.25. The summed E-state index contributed by atoms with van der Waals surface area (Å²) in [6.07, 6.45) is 2.45. The molecule has 1 aromatic rings. The molecule has 0 aliphatic heterocycles. The molecule has 0 radical (unpaired) electrons. The summed E-state index contributed by atoms with van der Waals surface area (Å²) in [6.45, 7) is 2.39. The Kier molecular flexibility index (Phi) is 6.59. The third kappa shape index (κ3) is 5.80. The van der Waals surface area contributed by atoms with E-state index >= 15 is 0 Å². The molecule has 140 valence electrons. The van der Waals surface area contributed by atoms with Crippen LogP contribution in [0.25, 0.3) is 0 Å². The molecule has 6 nitrogen and oxygen atoms in total. The first-order valence-corrected chi connectivity index (χ1v) is 8.79. The molecule has 1 atom stereocenters. The van der Waals surface area contributed by atoms with Gasteiger partial charge in [0.25, 0.3) is 5.91 Å². The lowest BCUT2D eigenvalue weighted by atomic mass is 9.93. The summed E-state index contributed by atoms with van der Waals surface area (Å²) >= 11 is 5.93. The van der Waals surface area contributed by atoms with Crippen molar-refractivity contribution in [1.29, 1.82) is 0 Å². The van der Waals surface area contributed by atoms with E-state index < -0.39 is 17.7 Å². The van der Waals surface area contributed by atoms with Crippen LogP contribution in [0, 0.1) is 0 Å². The second-order valence-corrected chi connectivity index (χ2v) is 7.42. The van der Waals surface area contributed by atoms with Crippen molar-refractivity contribution in [2.24, 2.45) is 0 Å². The summed E-state index contributed by atoms with van der Waals surface area (Å²) in [4.78, 5) is 16.3. The molecule has 1 heterocycles. The number of pyridine rings is 1. The molecule has 0 unspecified atom stereocenters. The van der Waals surface area contributed by atoms with E-state index in [1.54, 1.807) is 6.07 Å². The minimum absolute atomic E-state index is 0.124. The molecule has 1 amide bonds.